The van der Waals surface area contributed by atoms with Crippen LogP contribution in [-0.2, 0) is 6.42 Å². The quantitative estimate of drug-likeness (QED) is 0.787. The van der Waals surface area contributed by atoms with Crippen LogP contribution in [0.25, 0.3) is 0 Å². The SMILES string of the molecule is CN(CCc1ccccn1)CC(=O)c1ccc[nH]1. The number of H-pyrrole nitrogens is 1. The van der Waals surface area contributed by atoms with Crippen molar-refractivity contribution in [1.82, 2.24) is 14.9 Å². The van der Waals surface area contributed by atoms with E-state index >= 15 is 0 Å². The van der Waals surface area contributed by atoms with E-state index in [1.807, 2.05) is 36.2 Å². The summed E-state index contributed by atoms with van der Waals surface area (Å²) in [5.41, 5.74) is 1.72. The molecule has 0 fully saturated rings. The number of carbonyl (C=O) groups is 1. The normalized spacial score (nSPS) is 10.8. The minimum absolute atomic E-state index is 0.114. The van der Waals surface area contributed by atoms with Crippen molar-refractivity contribution >= 4 is 5.78 Å². The Morgan fingerprint density at radius 2 is 2.22 bits per heavy atom. The number of likely N-dealkylation sites (N-methyl/N-ethyl adjacent to an activating group) is 1. The number of nitrogens with zero attached hydrogens (tertiary/aromatic N) is 2. The van der Waals surface area contributed by atoms with E-state index < -0.39 is 0 Å². The number of nitrogens with one attached hydrogen (secondary N) is 1. The van der Waals surface area contributed by atoms with Gasteiger partial charge < -0.3 is 4.98 Å². The molecule has 94 valence electrons. The highest BCUT2D eigenvalue weighted by molar-refractivity contribution is 5.95. The molecule has 2 aromatic heterocycles. The van der Waals surface area contributed by atoms with Crippen LogP contribution in [0.5, 0.6) is 0 Å². The number of hydrogen-bond acceptors (Lipinski definition) is 3. The van der Waals surface area contributed by atoms with Crippen molar-refractivity contribution in [2.75, 3.05) is 20.1 Å². The van der Waals surface area contributed by atoms with Gasteiger partial charge in [0.25, 0.3) is 0 Å². The van der Waals surface area contributed by atoms with Crippen LogP contribution in [0.1, 0.15) is 16.2 Å². The Kier molecular flexibility index (Phi) is 4.25. The number of hydrogen-bond donors (Lipinski definition) is 1. The van der Waals surface area contributed by atoms with Crippen LogP contribution in [0, 0.1) is 0 Å². The first-order valence-corrected chi connectivity index (χ1v) is 6.01. The smallest absolute Gasteiger partial charge is 0.192 e. The highest BCUT2D eigenvalue weighted by Gasteiger charge is 2.09. The number of ketones is 1. The van der Waals surface area contributed by atoms with E-state index in [1.165, 1.54) is 0 Å². The molecule has 0 unspecified atom stereocenters. The molecule has 0 aliphatic carbocycles. The molecule has 0 amide bonds. The summed E-state index contributed by atoms with van der Waals surface area (Å²) in [5, 5.41) is 0. The summed E-state index contributed by atoms with van der Waals surface area (Å²) >= 11 is 0. The van der Waals surface area contributed by atoms with E-state index in [4.69, 9.17) is 0 Å². The van der Waals surface area contributed by atoms with Gasteiger partial charge in [-0.15, -0.1) is 0 Å². The molecule has 0 radical (unpaired) electrons. The second-order valence-electron chi connectivity index (χ2n) is 4.32. The zero-order valence-electron chi connectivity index (χ0n) is 10.5. The fourth-order valence-electron chi connectivity index (χ4n) is 1.76. The van der Waals surface area contributed by atoms with Gasteiger partial charge in [-0.05, 0) is 31.3 Å². The van der Waals surface area contributed by atoms with Crippen LogP contribution in [-0.4, -0.2) is 40.8 Å². The maximum atomic E-state index is 11.8. The Morgan fingerprint density at radius 1 is 1.33 bits per heavy atom. The van der Waals surface area contributed by atoms with Crippen LogP contribution < -0.4 is 0 Å². The third kappa shape index (κ3) is 3.53. The van der Waals surface area contributed by atoms with Gasteiger partial charge in [-0.2, -0.15) is 0 Å². The Hall–Kier alpha value is -1.94. The fourth-order valence-corrected chi connectivity index (χ4v) is 1.76. The van der Waals surface area contributed by atoms with Crippen LogP contribution in [0.15, 0.2) is 42.7 Å². The van der Waals surface area contributed by atoms with Gasteiger partial charge in [0.15, 0.2) is 5.78 Å². The lowest BCUT2D eigenvalue weighted by Gasteiger charge is -2.14. The molecule has 2 rings (SSSR count). The lowest BCUT2D eigenvalue weighted by atomic mass is 10.2. The topological polar surface area (TPSA) is 49.0 Å². The van der Waals surface area contributed by atoms with E-state index in [1.54, 1.807) is 18.5 Å². The van der Waals surface area contributed by atoms with Gasteiger partial charge in [-0.1, -0.05) is 6.07 Å². The van der Waals surface area contributed by atoms with Gasteiger partial charge >= 0.3 is 0 Å². The molecule has 1 N–H and O–H groups in total. The Labute approximate surface area is 107 Å². The molecule has 4 nitrogen and oxygen atoms in total. The summed E-state index contributed by atoms with van der Waals surface area (Å²) in [6.07, 6.45) is 4.41. The van der Waals surface area contributed by atoms with Crippen molar-refractivity contribution in [3.8, 4) is 0 Å². The standard InChI is InChI=1S/C14H17N3O/c1-17(10-7-12-5-2-3-8-15-12)11-14(18)13-6-4-9-16-13/h2-6,8-9,16H,7,10-11H2,1H3. The monoisotopic (exact) mass is 243 g/mol. The molecule has 0 bridgehead atoms. The highest BCUT2D eigenvalue weighted by Crippen LogP contribution is 2.00. The third-order valence-electron chi connectivity index (χ3n) is 2.79. The third-order valence-corrected chi connectivity index (χ3v) is 2.79. The van der Waals surface area contributed by atoms with Gasteiger partial charge in [0.2, 0.25) is 0 Å². The molecule has 0 aliphatic rings. The summed E-state index contributed by atoms with van der Waals surface area (Å²) < 4.78 is 0. The molecule has 0 saturated carbocycles. The molecule has 0 spiro atoms. The van der Waals surface area contributed by atoms with Crippen molar-refractivity contribution in [1.29, 1.82) is 0 Å². The van der Waals surface area contributed by atoms with Gasteiger partial charge in [-0.25, -0.2) is 0 Å². The van der Waals surface area contributed by atoms with Crippen LogP contribution >= 0.6 is 0 Å². The Bertz CT molecular complexity index is 479. The van der Waals surface area contributed by atoms with Crippen LogP contribution in [0.3, 0.4) is 0 Å². The van der Waals surface area contributed by atoms with Gasteiger partial charge in [0.1, 0.15) is 0 Å². The number of aromatic nitrogens is 2. The van der Waals surface area contributed by atoms with Crippen LogP contribution in [0.4, 0.5) is 0 Å². The number of Topliss-reactive ketones (excluding diaryl/α,β-unsaturated/α-hetero) is 1. The molecule has 0 atom stereocenters. The fraction of sp³-hybridized carbons (Fsp3) is 0.286. The predicted molar refractivity (Wildman–Crippen MR) is 70.6 cm³/mol. The van der Waals surface area contributed by atoms with Crippen molar-refractivity contribution in [2.45, 2.75) is 6.42 Å². The van der Waals surface area contributed by atoms with Gasteiger partial charge in [-0.3, -0.25) is 14.7 Å². The van der Waals surface area contributed by atoms with Crippen molar-refractivity contribution < 1.29 is 4.79 Å². The number of aromatic amines is 1. The van der Waals surface area contributed by atoms with E-state index in [0.717, 1.165) is 18.7 Å². The molecule has 0 saturated heterocycles. The summed E-state index contributed by atoms with van der Waals surface area (Å²) in [6.45, 7) is 1.25. The first-order chi connectivity index (χ1) is 8.75. The Morgan fingerprint density at radius 3 is 2.89 bits per heavy atom. The number of rotatable bonds is 6. The predicted octanol–water partition coefficient (Wildman–Crippen LogP) is 1.77. The maximum Gasteiger partial charge on any atom is 0.192 e. The zero-order valence-corrected chi connectivity index (χ0v) is 10.5. The molecular weight excluding hydrogens is 226 g/mol. The average molecular weight is 243 g/mol. The first-order valence-electron chi connectivity index (χ1n) is 6.01. The minimum Gasteiger partial charge on any atom is -0.359 e. The minimum atomic E-state index is 0.114. The Balaban J connectivity index is 1.79. The van der Waals surface area contributed by atoms with Crippen molar-refractivity contribution in [2.24, 2.45) is 0 Å². The van der Waals surface area contributed by atoms with Gasteiger partial charge in [0, 0.05) is 31.1 Å². The van der Waals surface area contributed by atoms with E-state index in [2.05, 4.69) is 9.97 Å². The largest absolute Gasteiger partial charge is 0.359 e. The van der Waals surface area contributed by atoms with E-state index in [0.29, 0.717) is 12.2 Å². The maximum absolute atomic E-state index is 11.8. The molecule has 18 heavy (non-hydrogen) atoms. The molecular formula is C14H17N3O. The lowest BCUT2D eigenvalue weighted by molar-refractivity contribution is 0.0942. The van der Waals surface area contributed by atoms with E-state index in [-0.39, 0.29) is 5.78 Å². The zero-order chi connectivity index (χ0) is 12.8. The van der Waals surface area contributed by atoms with Gasteiger partial charge in [0.05, 0.1) is 12.2 Å². The summed E-state index contributed by atoms with van der Waals surface area (Å²) in [4.78, 5) is 21.0. The molecule has 2 heterocycles. The molecule has 0 aromatic carbocycles. The first kappa shape index (κ1) is 12.5. The second-order valence-corrected chi connectivity index (χ2v) is 4.32. The van der Waals surface area contributed by atoms with Crippen molar-refractivity contribution in [3.05, 3.63) is 54.1 Å². The number of carbonyl (C=O) groups excluding carboxylic acids is 1. The highest BCUT2D eigenvalue weighted by atomic mass is 16.1. The molecule has 0 aliphatic heterocycles. The van der Waals surface area contributed by atoms with E-state index in [9.17, 15) is 4.79 Å². The van der Waals surface area contributed by atoms with Crippen molar-refractivity contribution in [3.63, 3.8) is 0 Å². The summed E-state index contributed by atoms with van der Waals surface area (Å²) in [7, 11) is 1.95. The number of pyridine rings is 1. The summed E-state index contributed by atoms with van der Waals surface area (Å²) in [6, 6.07) is 9.52. The average Bonchev–Trinajstić information content (AvgIpc) is 2.91. The summed E-state index contributed by atoms with van der Waals surface area (Å²) in [5.74, 6) is 0.114. The molecule has 2 aromatic rings. The lowest BCUT2D eigenvalue weighted by Crippen LogP contribution is -2.28. The second kappa shape index (κ2) is 6.12. The molecule has 4 heteroatoms. The van der Waals surface area contributed by atoms with Crippen LogP contribution in [0.2, 0.25) is 0 Å².